The number of oxazole rings is 1. The molecule has 3 aromatic carbocycles. The lowest BCUT2D eigenvalue weighted by Gasteiger charge is -2.30. The third-order valence-corrected chi connectivity index (χ3v) is 10.4. The van der Waals surface area contributed by atoms with Crippen LogP contribution in [0.4, 0.5) is 0 Å². The van der Waals surface area contributed by atoms with Gasteiger partial charge in [-0.25, -0.2) is 13.4 Å². The summed E-state index contributed by atoms with van der Waals surface area (Å²) in [7, 11) is -3.98. The van der Waals surface area contributed by atoms with Crippen LogP contribution in [0.2, 0.25) is 0 Å². The van der Waals surface area contributed by atoms with Crippen LogP contribution in [0.25, 0.3) is 22.6 Å². The Labute approximate surface area is 241 Å². The Bertz CT molecular complexity index is 1630. The van der Waals surface area contributed by atoms with Gasteiger partial charge in [0.15, 0.2) is 20.3 Å². The standard InChI is InChI=1S/C33H34N4O3S/c38-41(39,29-20-12-7-13-21-29)33(22-14-3-1-2-4-15-23-37-25-28(24-33)35-36-37)32-34-30(26-16-8-5-9-17-26)31(40-32)27-18-10-6-11-19-27/h5-13,16-21,25H,1-4,14-15,22-24H2. The van der Waals surface area contributed by atoms with Crippen molar-refractivity contribution in [2.45, 2.75) is 67.6 Å². The van der Waals surface area contributed by atoms with Crippen molar-refractivity contribution in [2.24, 2.45) is 0 Å². The van der Waals surface area contributed by atoms with Crippen molar-refractivity contribution >= 4 is 9.84 Å². The second-order valence-electron chi connectivity index (χ2n) is 10.8. The van der Waals surface area contributed by atoms with Crippen LogP contribution in [-0.4, -0.2) is 28.4 Å². The minimum absolute atomic E-state index is 0.118. The average Bonchev–Trinajstić information content (AvgIpc) is 3.67. The van der Waals surface area contributed by atoms with Crippen LogP contribution in [0.3, 0.4) is 0 Å². The number of sulfone groups is 1. The summed E-state index contributed by atoms with van der Waals surface area (Å²) in [5.41, 5.74) is 2.95. The minimum Gasteiger partial charge on any atom is -0.438 e. The summed E-state index contributed by atoms with van der Waals surface area (Å²) < 4.78 is 36.7. The van der Waals surface area contributed by atoms with E-state index in [1.807, 2.05) is 77.6 Å². The molecule has 1 aliphatic heterocycles. The summed E-state index contributed by atoms with van der Waals surface area (Å²) in [4.78, 5) is 5.30. The third-order valence-electron chi connectivity index (χ3n) is 7.94. The van der Waals surface area contributed by atoms with Gasteiger partial charge in [-0.1, -0.05) is 116 Å². The topological polar surface area (TPSA) is 90.9 Å². The molecule has 5 aromatic rings. The zero-order valence-electron chi connectivity index (χ0n) is 23.0. The Hall–Kier alpha value is -4.04. The first-order valence-electron chi connectivity index (χ1n) is 14.4. The molecule has 2 bridgehead atoms. The number of fused-ring (bicyclic) bond motifs is 2. The van der Waals surface area contributed by atoms with Crippen molar-refractivity contribution in [1.82, 2.24) is 20.0 Å². The minimum atomic E-state index is -3.98. The van der Waals surface area contributed by atoms with Gasteiger partial charge in [0.1, 0.15) is 5.69 Å². The quantitative estimate of drug-likeness (QED) is 0.222. The molecule has 2 aromatic heterocycles. The number of nitrogens with zero attached hydrogens (tertiary/aromatic N) is 4. The van der Waals surface area contributed by atoms with E-state index in [9.17, 15) is 8.42 Å². The molecule has 0 saturated heterocycles. The lowest BCUT2D eigenvalue weighted by atomic mass is 9.94. The van der Waals surface area contributed by atoms with E-state index in [1.165, 1.54) is 0 Å². The van der Waals surface area contributed by atoms with E-state index in [4.69, 9.17) is 9.40 Å². The first-order chi connectivity index (χ1) is 20.1. The van der Waals surface area contributed by atoms with Crippen LogP contribution in [-0.2, 0) is 27.5 Å². The number of benzene rings is 3. The maximum atomic E-state index is 14.9. The predicted octanol–water partition coefficient (Wildman–Crippen LogP) is 7.26. The smallest absolute Gasteiger partial charge is 0.217 e. The SMILES string of the molecule is O=S(=O)(c1ccccc1)C1(c2nc(-c3ccccc3)c(-c3ccccc3)o2)CCCCCCCCn2cc(nn2)C1. The maximum Gasteiger partial charge on any atom is 0.217 e. The van der Waals surface area contributed by atoms with Crippen LogP contribution < -0.4 is 0 Å². The van der Waals surface area contributed by atoms with Crippen LogP contribution in [0.1, 0.15) is 56.5 Å². The third kappa shape index (κ3) is 5.48. The number of hydrogen-bond acceptors (Lipinski definition) is 6. The number of hydrogen-bond donors (Lipinski definition) is 0. The molecule has 0 N–H and O–H groups in total. The van der Waals surface area contributed by atoms with Gasteiger partial charge in [-0.3, -0.25) is 4.68 Å². The number of aromatic nitrogens is 4. The van der Waals surface area contributed by atoms with Gasteiger partial charge in [0, 0.05) is 30.3 Å². The summed E-state index contributed by atoms with van der Waals surface area (Å²) in [5.74, 6) is 0.754. The van der Waals surface area contributed by atoms with Gasteiger partial charge >= 0.3 is 0 Å². The molecule has 8 heteroatoms. The monoisotopic (exact) mass is 566 g/mol. The highest BCUT2D eigenvalue weighted by atomic mass is 32.2. The van der Waals surface area contributed by atoms with Crippen molar-refractivity contribution in [1.29, 1.82) is 0 Å². The van der Waals surface area contributed by atoms with E-state index < -0.39 is 14.6 Å². The van der Waals surface area contributed by atoms with E-state index in [0.717, 1.165) is 56.2 Å². The Morgan fingerprint density at radius 1 is 0.732 bits per heavy atom. The molecule has 0 aliphatic carbocycles. The predicted molar refractivity (Wildman–Crippen MR) is 159 cm³/mol. The van der Waals surface area contributed by atoms with Gasteiger partial charge in [0.2, 0.25) is 5.89 Å². The molecule has 0 amide bonds. The van der Waals surface area contributed by atoms with Gasteiger partial charge in [-0.2, -0.15) is 0 Å². The summed E-state index contributed by atoms with van der Waals surface area (Å²) >= 11 is 0. The molecular formula is C33H34N4O3S. The molecule has 1 aliphatic rings. The van der Waals surface area contributed by atoms with Gasteiger partial charge in [-0.05, 0) is 25.0 Å². The summed E-state index contributed by atoms with van der Waals surface area (Å²) in [5, 5.41) is 8.77. The Kier molecular flexibility index (Phi) is 7.83. The van der Waals surface area contributed by atoms with Gasteiger partial charge in [0.05, 0.1) is 10.6 Å². The van der Waals surface area contributed by atoms with E-state index in [-0.39, 0.29) is 17.2 Å². The number of aryl methyl sites for hydroxylation is 1. The van der Waals surface area contributed by atoms with Gasteiger partial charge in [-0.15, -0.1) is 5.10 Å². The fourth-order valence-corrected chi connectivity index (χ4v) is 7.78. The highest BCUT2D eigenvalue weighted by Gasteiger charge is 2.51. The van der Waals surface area contributed by atoms with E-state index in [0.29, 0.717) is 23.6 Å². The van der Waals surface area contributed by atoms with E-state index in [1.54, 1.807) is 24.3 Å². The molecule has 1 unspecified atom stereocenters. The molecule has 1 atom stereocenters. The van der Waals surface area contributed by atoms with Crippen molar-refractivity contribution in [3.63, 3.8) is 0 Å². The van der Waals surface area contributed by atoms with Crippen molar-refractivity contribution < 1.29 is 12.8 Å². The zero-order chi connectivity index (χ0) is 28.1. The Balaban J connectivity index is 1.59. The Morgan fingerprint density at radius 2 is 1.34 bits per heavy atom. The molecular weight excluding hydrogens is 532 g/mol. The number of rotatable bonds is 5. The largest absolute Gasteiger partial charge is 0.438 e. The molecule has 0 spiro atoms. The van der Waals surface area contributed by atoms with Crippen LogP contribution in [0.15, 0.2) is 107 Å². The second-order valence-corrected chi connectivity index (χ2v) is 13.0. The molecule has 0 radical (unpaired) electrons. The van der Waals surface area contributed by atoms with E-state index >= 15 is 0 Å². The lowest BCUT2D eigenvalue weighted by Crippen LogP contribution is -2.39. The first kappa shape index (κ1) is 27.1. The van der Waals surface area contributed by atoms with Crippen LogP contribution >= 0.6 is 0 Å². The average molecular weight is 567 g/mol. The highest BCUT2D eigenvalue weighted by molar-refractivity contribution is 7.92. The fraction of sp³-hybridized carbons (Fsp3) is 0.303. The molecule has 3 heterocycles. The maximum absolute atomic E-state index is 14.9. The molecule has 7 nitrogen and oxygen atoms in total. The van der Waals surface area contributed by atoms with Gasteiger partial charge < -0.3 is 4.42 Å². The summed E-state index contributed by atoms with van der Waals surface area (Å²) in [6.07, 6.45) is 8.33. The molecule has 210 valence electrons. The van der Waals surface area contributed by atoms with Crippen molar-refractivity contribution in [2.75, 3.05) is 0 Å². The first-order valence-corrected chi connectivity index (χ1v) is 15.9. The zero-order valence-corrected chi connectivity index (χ0v) is 23.8. The van der Waals surface area contributed by atoms with Gasteiger partial charge in [0.25, 0.3) is 0 Å². The molecule has 0 saturated carbocycles. The second kappa shape index (κ2) is 11.8. The normalized spacial score (nSPS) is 18.6. The fourth-order valence-electron chi connectivity index (χ4n) is 5.75. The van der Waals surface area contributed by atoms with Crippen LogP contribution in [0, 0.1) is 0 Å². The molecule has 41 heavy (non-hydrogen) atoms. The molecule has 0 fully saturated rings. The summed E-state index contributed by atoms with van der Waals surface area (Å²) in [6.45, 7) is 0.765. The van der Waals surface area contributed by atoms with Crippen LogP contribution in [0.5, 0.6) is 0 Å². The lowest BCUT2D eigenvalue weighted by molar-refractivity contribution is 0.368. The molecule has 6 rings (SSSR count). The van der Waals surface area contributed by atoms with E-state index in [2.05, 4.69) is 10.3 Å². The van der Waals surface area contributed by atoms with Crippen molar-refractivity contribution in [3.8, 4) is 22.6 Å². The Morgan fingerprint density at radius 3 is 2.05 bits per heavy atom. The summed E-state index contributed by atoms with van der Waals surface area (Å²) in [6, 6.07) is 28.2. The van der Waals surface area contributed by atoms with Crippen molar-refractivity contribution in [3.05, 3.63) is 109 Å². The highest BCUT2D eigenvalue weighted by Crippen LogP contribution is 2.46.